The number of nitrogens with two attached hydrogens (primary N) is 1. The number of thiol groups is 2. The van der Waals surface area contributed by atoms with Crippen LogP contribution in [-0.4, -0.2) is 76.5 Å². The minimum Gasteiger partial charge on any atom is -0.480 e. The molecule has 0 bridgehead atoms. The van der Waals surface area contributed by atoms with Crippen molar-refractivity contribution in [1.82, 2.24) is 16.0 Å². The molecule has 4 atom stereocenters. The van der Waals surface area contributed by atoms with E-state index in [2.05, 4.69) is 41.2 Å². The number of carboxylic acid groups (broad SMARTS) is 1. The molecule has 0 spiro atoms. The minimum atomic E-state index is -1.15. The maximum Gasteiger partial charge on any atom is 0.326 e. The third-order valence-electron chi connectivity index (χ3n) is 3.91. The van der Waals surface area contributed by atoms with Gasteiger partial charge in [-0.05, 0) is 30.8 Å². The van der Waals surface area contributed by atoms with E-state index < -0.39 is 47.9 Å². The smallest absolute Gasteiger partial charge is 0.326 e. The van der Waals surface area contributed by atoms with E-state index >= 15 is 0 Å². The van der Waals surface area contributed by atoms with Gasteiger partial charge in [-0.15, -0.1) is 0 Å². The second-order valence-corrected chi connectivity index (χ2v) is 8.62. The number of thioether (sulfide) groups is 1. The van der Waals surface area contributed by atoms with Crippen LogP contribution in [0.3, 0.4) is 0 Å². The van der Waals surface area contributed by atoms with Gasteiger partial charge in [0.15, 0.2) is 0 Å². The molecule has 0 aliphatic heterocycles. The molecule has 0 radical (unpaired) electrons. The Morgan fingerprint density at radius 2 is 1.45 bits per heavy atom. The number of nitrogens with one attached hydrogen (secondary N) is 3. The van der Waals surface area contributed by atoms with E-state index in [1.165, 1.54) is 11.8 Å². The first-order valence-corrected chi connectivity index (χ1v) is 11.8. The number of rotatable bonds is 14. The number of amides is 3. The molecule has 0 rings (SSSR count). The number of carbonyl (C=O) groups excluding carboxylic acids is 3. The quantitative estimate of drug-likeness (QED) is 0.170. The molecule has 0 saturated carbocycles. The molecule has 3 amide bonds. The van der Waals surface area contributed by atoms with Gasteiger partial charge in [-0.2, -0.15) is 37.0 Å². The SMILES string of the molecule is CSCCC(NC(=O)C(N)CS)C(=O)NC(CS)C(=O)NC(CC(C)C)C(=O)O. The second kappa shape index (κ2) is 14.8. The lowest BCUT2D eigenvalue weighted by atomic mass is 10.0. The van der Waals surface area contributed by atoms with E-state index in [1.807, 2.05) is 20.1 Å². The molecular weight excluding hydrogens is 436 g/mol. The van der Waals surface area contributed by atoms with Crippen LogP contribution >= 0.6 is 37.0 Å². The van der Waals surface area contributed by atoms with E-state index in [4.69, 9.17) is 5.73 Å². The summed E-state index contributed by atoms with van der Waals surface area (Å²) in [6.07, 6.45) is 2.45. The maximum absolute atomic E-state index is 12.6. The van der Waals surface area contributed by atoms with E-state index in [9.17, 15) is 24.3 Å². The van der Waals surface area contributed by atoms with Gasteiger partial charge in [-0.3, -0.25) is 14.4 Å². The number of carbonyl (C=O) groups is 4. The van der Waals surface area contributed by atoms with Gasteiger partial charge >= 0.3 is 5.97 Å². The van der Waals surface area contributed by atoms with Gasteiger partial charge in [-0.1, -0.05) is 13.8 Å². The molecule has 0 aliphatic rings. The molecule has 4 unspecified atom stereocenters. The summed E-state index contributed by atoms with van der Waals surface area (Å²) in [5.74, 6) is -2.14. The van der Waals surface area contributed by atoms with Gasteiger partial charge in [0, 0.05) is 11.5 Å². The monoisotopic (exact) mass is 468 g/mol. The largest absolute Gasteiger partial charge is 0.480 e. The molecule has 12 heteroatoms. The fourth-order valence-electron chi connectivity index (χ4n) is 2.30. The Hall–Kier alpha value is -1.11. The first kappa shape index (κ1) is 27.9. The van der Waals surface area contributed by atoms with Crippen LogP contribution in [0.4, 0.5) is 0 Å². The Labute approximate surface area is 186 Å². The average Bonchev–Trinajstić information content (AvgIpc) is 2.66. The summed E-state index contributed by atoms with van der Waals surface area (Å²) in [6.45, 7) is 3.68. The van der Waals surface area contributed by atoms with Gasteiger partial charge in [0.1, 0.15) is 18.1 Å². The fraction of sp³-hybridized carbons (Fsp3) is 0.765. The van der Waals surface area contributed by atoms with Crippen LogP contribution in [0.2, 0.25) is 0 Å². The van der Waals surface area contributed by atoms with Crippen molar-refractivity contribution in [2.45, 2.75) is 50.9 Å². The van der Waals surface area contributed by atoms with Gasteiger partial charge in [0.2, 0.25) is 17.7 Å². The van der Waals surface area contributed by atoms with Crippen molar-refractivity contribution < 1.29 is 24.3 Å². The standard InChI is InChI=1S/C17H32N4O5S3/c1-9(2)6-12(17(25)26)20-16(24)13(8-28)21-15(23)11(4-5-29-3)19-14(22)10(18)7-27/h9-13,27-28H,4-8,18H2,1-3H3,(H,19,22)(H,20,24)(H,21,23)(H,25,26). The highest BCUT2D eigenvalue weighted by molar-refractivity contribution is 7.98. The highest BCUT2D eigenvalue weighted by atomic mass is 32.2. The Morgan fingerprint density at radius 3 is 1.90 bits per heavy atom. The van der Waals surface area contributed by atoms with E-state index in [-0.39, 0.29) is 23.8 Å². The highest BCUT2D eigenvalue weighted by Gasteiger charge is 2.29. The van der Waals surface area contributed by atoms with Crippen molar-refractivity contribution in [1.29, 1.82) is 0 Å². The normalized spacial score (nSPS) is 15.1. The third kappa shape index (κ3) is 11.0. The summed E-state index contributed by atoms with van der Waals surface area (Å²) in [5, 5.41) is 16.8. The number of aliphatic carboxylic acids is 1. The zero-order valence-electron chi connectivity index (χ0n) is 16.9. The molecule has 168 valence electrons. The first-order chi connectivity index (χ1) is 13.6. The minimum absolute atomic E-state index is 0.0368. The summed E-state index contributed by atoms with van der Waals surface area (Å²) in [7, 11) is 0. The van der Waals surface area contributed by atoms with Crippen molar-refractivity contribution in [3.8, 4) is 0 Å². The van der Waals surface area contributed by atoms with Gasteiger partial charge < -0.3 is 26.8 Å². The molecule has 0 aromatic heterocycles. The number of hydrogen-bond acceptors (Lipinski definition) is 8. The van der Waals surface area contributed by atoms with Crippen molar-refractivity contribution >= 4 is 60.7 Å². The van der Waals surface area contributed by atoms with Gasteiger partial charge in [-0.25, -0.2) is 4.79 Å². The molecular formula is C17H32N4O5S3. The Bertz CT molecular complexity index is 565. The average molecular weight is 469 g/mol. The van der Waals surface area contributed by atoms with Crippen molar-refractivity contribution in [2.24, 2.45) is 11.7 Å². The van der Waals surface area contributed by atoms with Crippen LogP contribution in [0.1, 0.15) is 26.7 Å². The lowest BCUT2D eigenvalue weighted by Gasteiger charge is -2.24. The predicted octanol–water partition coefficient (Wildman–Crippen LogP) is -0.488. The molecule has 0 aromatic carbocycles. The lowest BCUT2D eigenvalue weighted by Crippen LogP contribution is -2.58. The van der Waals surface area contributed by atoms with Crippen molar-refractivity contribution in [3.05, 3.63) is 0 Å². The molecule has 9 nitrogen and oxygen atoms in total. The number of carboxylic acids is 1. The second-order valence-electron chi connectivity index (χ2n) is 6.90. The zero-order valence-corrected chi connectivity index (χ0v) is 19.5. The van der Waals surface area contributed by atoms with Crippen LogP contribution in [-0.2, 0) is 19.2 Å². The molecule has 6 N–H and O–H groups in total. The summed E-state index contributed by atoms with van der Waals surface area (Å²) >= 11 is 9.55. The predicted molar refractivity (Wildman–Crippen MR) is 122 cm³/mol. The third-order valence-corrected chi connectivity index (χ3v) is 5.32. The Kier molecular flexibility index (Phi) is 14.2. The topological polar surface area (TPSA) is 151 Å². The summed E-state index contributed by atoms with van der Waals surface area (Å²) in [6, 6.07) is -3.87. The van der Waals surface area contributed by atoms with Gasteiger partial charge in [0.05, 0.1) is 6.04 Å². The fourth-order valence-corrected chi connectivity index (χ4v) is 3.19. The molecule has 29 heavy (non-hydrogen) atoms. The Morgan fingerprint density at radius 1 is 0.931 bits per heavy atom. The van der Waals surface area contributed by atoms with Crippen LogP contribution in [0.25, 0.3) is 0 Å². The van der Waals surface area contributed by atoms with Crippen molar-refractivity contribution in [3.63, 3.8) is 0 Å². The molecule has 0 heterocycles. The van der Waals surface area contributed by atoms with E-state index in [0.29, 0.717) is 12.2 Å². The summed E-state index contributed by atoms with van der Waals surface area (Å²) < 4.78 is 0. The highest BCUT2D eigenvalue weighted by Crippen LogP contribution is 2.06. The maximum atomic E-state index is 12.6. The number of hydrogen-bond donors (Lipinski definition) is 7. The Balaban J connectivity index is 5.13. The summed E-state index contributed by atoms with van der Waals surface area (Å²) in [5.41, 5.74) is 5.63. The lowest BCUT2D eigenvalue weighted by molar-refractivity contribution is -0.142. The van der Waals surface area contributed by atoms with Crippen LogP contribution < -0.4 is 21.7 Å². The molecule has 0 aliphatic carbocycles. The van der Waals surface area contributed by atoms with E-state index in [1.54, 1.807) is 0 Å². The molecule has 0 fully saturated rings. The van der Waals surface area contributed by atoms with Crippen LogP contribution in [0, 0.1) is 5.92 Å². The molecule has 0 aromatic rings. The van der Waals surface area contributed by atoms with Crippen LogP contribution in [0.5, 0.6) is 0 Å². The van der Waals surface area contributed by atoms with Crippen LogP contribution in [0.15, 0.2) is 0 Å². The zero-order chi connectivity index (χ0) is 22.6. The summed E-state index contributed by atoms with van der Waals surface area (Å²) in [4.78, 5) is 48.5. The molecule has 0 saturated heterocycles. The van der Waals surface area contributed by atoms with Crippen molar-refractivity contribution in [2.75, 3.05) is 23.5 Å². The first-order valence-electron chi connectivity index (χ1n) is 9.17. The van der Waals surface area contributed by atoms with Gasteiger partial charge in [0.25, 0.3) is 0 Å². The van der Waals surface area contributed by atoms with E-state index in [0.717, 1.165) is 0 Å².